The number of carbonyl (C=O) groups excluding carboxylic acids is 2. The highest BCUT2D eigenvalue weighted by Crippen LogP contribution is 2.17. The van der Waals surface area contributed by atoms with Gasteiger partial charge in [0.25, 0.3) is 5.91 Å². The first kappa shape index (κ1) is 21.0. The molecular weight excluding hydrogens is 390 g/mol. The minimum Gasteiger partial charge on any atom is -0.338 e. The molecule has 154 valence electrons. The maximum absolute atomic E-state index is 12.4. The van der Waals surface area contributed by atoms with Gasteiger partial charge in [-0.2, -0.15) is 0 Å². The predicted octanol–water partition coefficient (Wildman–Crippen LogP) is 2.75. The molecule has 8 heteroatoms. The van der Waals surface area contributed by atoms with Crippen molar-refractivity contribution >= 4 is 27.5 Å². The molecule has 0 saturated carbocycles. The fourth-order valence-corrected chi connectivity index (χ4v) is 4.40. The van der Waals surface area contributed by atoms with Crippen molar-refractivity contribution in [3.8, 4) is 0 Å². The number of likely N-dealkylation sites (tertiary alicyclic amines) is 1. The molecule has 1 heterocycles. The number of amides is 2. The molecule has 1 fully saturated rings. The molecule has 7 nitrogen and oxygen atoms in total. The molecule has 3 rings (SSSR count). The summed E-state index contributed by atoms with van der Waals surface area (Å²) in [5, 5.41) is 2.76. The molecule has 0 radical (unpaired) electrons. The van der Waals surface area contributed by atoms with Crippen molar-refractivity contribution in [2.45, 2.75) is 44.2 Å². The maximum Gasteiger partial charge on any atom is 0.255 e. The van der Waals surface area contributed by atoms with Crippen LogP contribution in [0, 0.1) is 0 Å². The topological polar surface area (TPSA) is 95.6 Å². The normalized spacial score (nSPS) is 14.4. The molecule has 2 amide bonds. The zero-order valence-electron chi connectivity index (χ0n) is 16.5. The third kappa shape index (κ3) is 5.42. The van der Waals surface area contributed by atoms with Crippen LogP contribution >= 0.6 is 0 Å². The van der Waals surface area contributed by atoms with Crippen molar-refractivity contribution in [1.29, 1.82) is 0 Å². The third-order valence-electron chi connectivity index (χ3n) is 4.57. The van der Waals surface area contributed by atoms with Crippen LogP contribution in [0.2, 0.25) is 0 Å². The first-order valence-corrected chi connectivity index (χ1v) is 11.0. The molecule has 0 aliphatic carbocycles. The van der Waals surface area contributed by atoms with Gasteiger partial charge in [-0.15, -0.1) is 0 Å². The highest BCUT2D eigenvalue weighted by Gasteiger charge is 2.20. The quantitative estimate of drug-likeness (QED) is 0.727. The maximum atomic E-state index is 12.4. The van der Waals surface area contributed by atoms with Crippen LogP contribution in [0.4, 0.5) is 5.69 Å². The van der Waals surface area contributed by atoms with E-state index in [-0.39, 0.29) is 22.8 Å². The van der Waals surface area contributed by atoms with Gasteiger partial charge in [-0.25, -0.2) is 13.1 Å². The largest absolute Gasteiger partial charge is 0.338 e. The molecule has 2 aromatic rings. The van der Waals surface area contributed by atoms with E-state index in [1.165, 1.54) is 12.1 Å². The summed E-state index contributed by atoms with van der Waals surface area (Å²) in [7, 11) is -3.57. The Morgan fingerprint density at radius 3 is 2.28 bits per heavy atom. The van der Waals surface area contributed by atoms with Crippen molar-refractivity contribution in [1.82, 2.24) is 9.62 Å². The van der Waals surface area contributed by atoms with Crippen LogP contribution in [0.1, 0.15) is 42.6 Å². The number of hydrogen-bond donors (Lipinski definition) is 2. The van der Waals surface area contributed by atoms with Crippen LogP contribution < -0.4 is 10.0 Å². The average Bonchev–Trinajstić information content (AvgIpc) is 3.06. The van der Waals surface area contributed by atoms with Crippen LogP contribution in [0.3, 0.4) is 0 Å². The molecular formula is C21H25N3O4S. The monoisotopic (exact) mass is 415 g/mol. The van der Waals surface area contributed by atoms with Crippen molar-refractivity contribution < 1.29 is 18.0 Å². The second-order valence-electron chi connectivity index (χ2n) is 7.37. The van der Waals surface area contributed by atoms with Gasteiger partial charge in [0.1, 0.15) is 0 Å². The van der Waals surface area contributed by atoms with Gasteiger partial charge < -0.3 is 10.2 Å². The van der Waals surface area contributed by atoms with Crippen LogP contribution in [0.5, 0.6) is 0 Å². The molecule has 1 saturated heterocycles. The second kappa shape index (κ2) is 8.75. The van der Waals surface area contributed by atoms with Crippen LogP contribution in [0.15, 0.2) is 53.4 Å². The number of nitrogens with one attached hydrogen (secondary N) is 2. The van der Waals surface area contributed by atoms with E-state index < -0.39 is 10.0 Å². The van der Waals surface area contributed by atoms with Crippen molar-refractivity contribution in [2.75, 3.05) is 11.9 Å². The standard InChI is InChI=1S/C21H25N3O4S/c1-15(2)23-29(27,28)19-11-9-18(10-12-19)22-21(26)17-7-5-16(6-8-17)14-24-13-3-4-20(24)25/h5-12,15,23H,3-4,13-14H2,1-2H3,(H,22,26). The fraction of sp³-hybridized carbons (Fsp3) is 0.333. The Morgan fingerprint density at radius 2 is 1.72 bits per heavy atom. The van der Waals surface area contributed by atoms with Gasteiger partial charge in [-0.05, 0) is 62.2 Å². The lowest BCUT2D eigenvalue weighted by Gasteiger charge is -2.15. The summed E-state index contributed by atoms with van der Waals surface area (Å²) in [6.45, 7) is 4.83. The van der Waals surface area contributed by atoms with Gasteiger partial charge in [0.2, 0.25) is 15.9 Å². The highest BCUT2D eigenvalue weighted by molar-refractivity contribution is 7.89. The smallest absolute Gasteiger partial charge is 0.255 e. The summed E-state index contributed by atoms with van der Waals surface area (Å²) < 4.78 is 26.8. The minimum absolute atomic E-state index is 0.144. The van der Waals surface area contributed by atoms with E-state index in [2.05, 4.69) is 10.0 Å². The Kier molecular flexibility index (Phi) is 6.34. The summed E-state index contributed by atoms with van der Waals surface area (Å²) in [5.74, 6) is -0.120. The van der Waals surface area contributed by atoms with Gasteiger partial charge in [-0.3, -0.25) is 9.59 Å². The van der Waals surface area contributed by atoms with Crippen molar-refractivity contribution in [3.63, 3.8) is 0 Å². The summed E-state index contributed by atoms with van der Waals surface area (Å²) in [6.07, 6.45) is 1.50. The molecule has 0 spiro atoms. The first-order valence-electron chi connectivity index (χ1n) is 9.55. The summed E-state index contributed by atoms with van der Waals surface area (Å²) in [6, 6.07) is 12.9. The summed E-state index contributed by atoms with van der Waals surface area (Å²) >= 11 is 0. The Morgan fingerprint density at radius 1 is 1.07 bits per heavy atom. The Labute approximate surface area is 171 Å². The number of sulfonamides is 1. The molecule has 1 aliphatic rings. The number of carbonyl (C=O) groups is 2. The van der Waals surface area contributed by atoms with Crippen LogP contribution in [0.25, 0.3) is 0 Å². The van der Waals surface area contributed by atoms with Gasteiger partial charge in [-0.1, -0.05) is 12.1 Å². The number of hydrogen-bond acceptors (Lipinski definition) is 4. The van der Waals surface area contributed by atoms with E-state index in [0.717, 1.165) is 18.5 Å². The number of nitrogens with zero attached hydrogens (tertiary/aromatic N) is 1. The SMILES string of the molecule is CC(C)NS(=O)(=O)c1ccc(NC(=O)c2ccc(CN3CCCC3=O)cc2)cc1. The Bertz CT molecular complexity index is 984. The van der Waals surface area contributed by atoms with E-state index in [4.69, 9.17) is 0 Å². The number of rotatable bonds is 7. The lowest BCUT2D eigenvalue weighted by molar-refractivity contribution is -0.128. The molecule has 0 bridgehead atoms. The van der Waals surface area contributed by atoms with E-state index in [1.54, 1.807) is 38.1 Å². The molecule has 1 aliphatic heterocycles. The van der Waals surface area contributed by atoms with Crippen molar-refractivity contribution in [2.24, 2.45) is 0 Å². The molecule has 0 unspecified atom stereocenters. The average molecular weight is 416 g/mol. The van der Waals surface area contributed by atoms with Crippen molar-refractivity contribution in [3.05, 3.63) is 59.7 Å². The minimum atomic E-state index is -3.57. The molecule has 2 aromatic carbocycles. The third-order valence-corrected chi connectivity index (χ3v) is 6.25. The lowest BCUT2D eigenvalue weighted by atomic mass is 10.1. The molecule has 2 N–H and O–H groups in total. The molecule has 0 aromatic heterocycles. The van der Waals surface area contributed by atoms with E-state index in [9.17, 15) is 18.0 Å². The highest BCUT2D eigenvalue weighted by atomic mass is 32.2. The Balaban J connectivity index is 1.62. The lowest BCUT2D eigenvalue weighted by Crippen LogP contribution is -2.30. The predicted molar refractivity (Wildman–Crippen MR) is 111 cm³/mol. The van der Waals surface area contributed by atoms with Gasteiger partial charge in [0.05, 0.1) is 4.90 Å². The molecule has 0 atom stereocenters. The molecule has 29 heavy (non-hydrogen) atoms. The van der Waals surface area contributed by atoms with E-state index >= 15 is 0 Å². The van der Waals surface area contributed by atoms with Gasteiger partial charge in [0, 0.05) is 36.8 Å². The number of anilines is 1. The zero-order chi connectivity index (χ0) is 21.0. The zero-order valence-corrected chi connectivity index (χ0v) is 17.3. The van der Waals surface area contributed by atoms with E-state index in [0.29, 0.717) is 24.2 Å². The van der Waals surface area contributed by atoms with E-state index in [1.807, 2.05) is 17.0 Å². The van der Waals surface area contributed by atoms with Crippen LogP contribution in [-0.2, 0) is 21.4 Å². The Hall–Kier alpha value is -2.71. The summed E-state index contributed by atoms with van der Waals surface area (Å²) in [4.78, 5) is 26.1. The second-order valence-corrected chi connectivity index (χ2v) is 9.08. The fourth-order valence-electron chi connectivity index (χ4n) is 3.15. The summed E-state index contributed by atoms with van der Waals surface area (Å²) in [5.41, 5.74) is 1.97. The first-order chi connectivity index (χ1) is 13.7. The number of benzene rings is 2. The van der Waals surface area contributed by atoms with Gasteiger partial charge in [0.15, 0.2) is 0 Å². The van der Waals surface area contributed by atoms with Gasteiger partial charge >= 0.3 is 0 Å². The van der Waals surface area contributed by atoms with Crippen LogP contribution in [-0.4, -0.2) is 37.7 Å².